The highest BCUT2D eigenvalue weighted by atomic mass is 31.2. The Labute approximate surface area is 613 Å². The lowest BCUT2D eigenvalue weighted by molar-refractivity contribution is -0.161. The van der Waals surface area contributed by atoms with Gasteiger partial charge in [0.25, 0.3) is 0 Å². The molecule has 0 saturated carbocycles. The Kier molecular flexibility index (Phi) is 71.2. The highest BCUT2D eigenvalue weighted by Gasteiger charge is 2.30. The number of phosphoric ester groups is 2. The monoisotopic (exact) mass is 1470 g/mol. The van der Waals surface area contributed by atoms with Gasteiger partial charge in [-0.2, -0.15) is 0 Å². The molecule has 0 aromatic rings. The lowest BCUT2D eigenvalue weighted by Crippen LogP contribution is -2.30. The molecule has 0 fully saturated rings. The number of aliphatic hydroxyl groups excluding tert-OH is 1. The van der Waals surface area contributed by atoms with Crippen LogP contribution in [0.5, 0.6) is 0 Å². The molecular formula is C81H158O17P2. The molecular weight excluding hydrogens is 1310 g/mol. The van der Waals surface area contributed by atoms with E-state index in [4.69, 9.17) is 37.0 Å². The van der Waals surface area contributed by atoms with Crippen LogP contribution in [0.15, 0.2) is 0 Å². The quantitative estimate of drug-likeness (QED) is 0.0222. The maximum absolute atomic E-state index is 13.1. The van der Waals surface area contributed by atoms with Crippen molar-refractivity contribution in [3.05, 3.63) is 0 Å². The van der Waals surface area contributed by atoms with Crippen molar-refractivity contribution in [3.8, 4) is 0 Å². The van der Waals surface area contributed by atoms with Crippen LogP contribution in [0.3, 0.4) is 0 Å². The molecule has 0 rings (SSSR count). The van der Waals surface area contributed by atoms with Crippen molar-refractivity contribution >= 4 is 39.5 Å². The normalized spacial score (nSPS) is 14.2. The summed E-state index contributed by atoms with van der Waals surface area (Å²) in [7, 11) is -9.92. The van der Waals surface area contributed by atoms with Gasteiger partial charge < -0.3 is 33.8 Å². The summed E-state index contributed by atoms with van der Waals surface area (Å²) in [5, 5.41) is 10.6. The van der Waals surface area contributed by atoms with Gasteiger partial charge in [0, 0.05) is 25.7 Å². The standard InChI is InChI=1S/C81H158O17P2/c1-7-10-12-14-16-18-20-22-24-26-28-29-30-32-34-36-38-40-45-53-59-65-80(85)97-76(69-91-78(83)63-57-51-44-39-37-35-33-31-27-25-23-21-19-17-15-13-11-8-2)71-95-99(87,88)93-67-75(82)68-94-100(89,90)96-72-77(70-92-79(84)64-58-52-48-47-49-55-61-73(4)5)98-81(86)66-60-54-46-42-41-43-50-56-62-74(6)9-3/h73-77,82H,7-72H2,1-6H3,(H,87,88)(H,89,90)/t74?,75-,76-,77-/m1/s1. The van der Waals surface area contributed by atoms with Gasteiger partial charge in [0.05, 0.1) is 26.4 Å². The maximum atomic E-state index is 13.1. The number of phosphoric acid groups is 2. The number of ether oxygens (including phenoxy) is 4. The first-order chi connectivity index (χ1) is 48.4. The third-order valence-electron chi connectivity index (χ3n) is 19.3. The molecule has 0 amide bonds. The Balaban J connectivity index is 5.20. The predicted molar refractivity (Wildman–Crippen MR) is 409 cm³/mol. The molecule has 0 aliphatic heterocycles. The number of hydrogen-bond donors (Lipinski definition) is 3. The van der Waals surface area contributed by atoms with E-state index in [1.165, 1.54) is 238 Å². The number of unbranched alkanes of at least 4 members (excludes halogenated alkanes) is 49. The summed E-state index contributed by atoms with van der Waals surface area (Å²) in [6, 6.07) is 0. The SMILES string of the molecule is CCCCCCCCCCCCCCCCCCCCCCCC(=O)O[C@H](COC(=O)CCCCCCCCCCCCCCCCCCCC)COP(=O)(O)OC[C@@H](O)COP(=O)(O)OC[C@@H](COC(=O)CCCCCCCCC(C)C)OC(=O)CCCCCCCCCCC(C)CC. The first-order valence-corrected chi connectivity index (χ1v) is 45.0. The smallest absolute Gasteiger partial charge is 0.462 e. The summed E-state index contributed by atoms with van der Waals surface area (Å²) in [6.45, 7) is 9.54. The Morgan fingerprint density at radius 3 is 0.760 bits per heavy atom. The van der Waals surface area contributed by atoms with Gasteiger partial charge in [-0.3, -0.25) is 37.3 Å². The van der Waals surface area contributed by atoms with E-state index in [2.05, 4.69) is 41.5 Å². The summed E-state index contributed by atoms with van der Waals surface area (Å²) in [6.07, 6.45) is 62.8. The molecule has 0 bridgehead atoms. The minimum atomic E-state index is -4.96. The topological polar surface area (TPSA) is 237 Å². The summed E-state index contributed by atoms with van der Waals surface area (Å²) in [5.41, 5.74) is 0. The van der Waals surface area contributed by atoms with E-state index in [9.17, 15) is 43.2 Å². The van der Waals surface area contributed by atoms with Crippen LogP contribution in [0.2, 0.25) is 0 Å². The minimum absolute atomic E-state index is 0.104. The predicted octanol–water partition coefficient (Wildman–Crippen LogP) is 24.3. The highest BCUT2D eigenvalue weighted by Crippen LogP contribution is 2.45. The average Bonchev–Trinajstić information content (AvgIpc) is 1.00. The molecule has 3 unspecified atom stereocenters. The molecule has 17 nitrogen and oxygen atoms in total. The van der Waals surface area contributed by atoms with Gasteiger partial charge in [0.1, 0.15) is 19.3 Å². The van der Waals surface area contributed by atoms with E-state index in [1.807, 2.05) is 0 Å². The third kappa shape index (κ3) is 73.0. The van der Waals surface area contributed by atoms with Crippen LogP contribution in [0.4, 0.5) is 0 Å². The van der Waals surface area contributed by atoms with Crippen molar-refractivity contribution < 1.29 is 80.2 Å². The summed E-state index contributed by atoms with van der Waals surface area (Å²) >= 11 is 0. The molecule has 3 N–H and O–H groups in total. The largest absolute Gasteiger partial charge is 0.472 e. The molecule has 0 aromatic heterocycles. The molecule has 6 atom stereocenters. The fourth-order valence-corrected chi connectivity index (χ4v) is 14.1. The maximum Gasteiger partial charge on any atom is 0.472 e. The molecule has 0 spiro atoms. The number of carbonyl (C=O) groups excluding carboxylic acids is 4. The van der Waals surface area contributed by atoms with Gasteiger partial charge in [-0.25, -0.2) is 9.13 Å². The van der Waals surface area contributed by atoms with Crippen LogP contribution in [0.25, 0.3) is 0 Å². The van der Waals surface area contributed by atoms with E-state index in [1.54, 1.807) is 0 Å². The van der Waals surface area contributed by atoms with Crippen molar-refractivity contribution in [1.82, 2.24) is 0 Å². The Morgan fingerprint density at radius 2 is 0.510 bits per heavy atom. The second-order valence-corrected chi connectivity index (χ2v) is 32.8. The zero-order valence-electron chi connectivity index (χ0n) is 65.5. The molecule has 0 aromatic carbocycles. The summed E-state index contributed by atoms with van der Waals surface area (Å²) < 4.78 is 68.6. The molecule has 100 heavy (non-hydrogen) atoms. The van der Waals surface area contributed by atoms with Crippen molar-refractivity contribution in [2.75, 3.05) is 39.6 Å². The molecule has 0 radical (unpaired) electrons. The Bertz CT molecular complexity index is 1930. The zero-order chi connectivity index (χ0) is 73.5. The Hall–Kier alpha value is -1.94. The molecule has 0 heterocycles. The Morgan fingerprint density at radius 1 is 0.290 bits per heavy atom. The van der Waals surface area contributed by atoms with Gasteiger partial charge in [0.2, 0.25) is 0 Å². The molecule has 0 aliphatic carbocycles. The van der Waals surface area contributed by atoms with Gasteiger partial charge >= 0.3 is 39.5 Å². The first kappa shape index (κ1) is 98.1. The second kappa shape index (κ2) is 72.6. The summed E-state index contributed by atoms with van der Waals surface area (Å²) in [5.74, 6) is -0.665. The minimum Gasteiger partial charge on any atom is -0.462 e. The molecule has 0 saturated heterocycles. The van der Waals surface area contributed by atoms with Gasteiger partial charge in [-0.1, -0.05) is 375 Å². The van der Waals surface area contributed by atoms with E-state index in [0.717, 1.165) is 102 Å². The zero-order valence-corrected chi connectivity index (χ0v) is 67.3. The first-order valence-electron chi connectivity index (χ1n) is 42.0. The van der Waals surface area contributed by atoms with E-state index < -0.39 is 97.5 Å². The van der Waals surface area contributed by atoms with Crippen molar-refractivity contribution in [3.63, 3.8) is 0 Å². The van der Waals surface area contributed by atoms with Crippen molar-refractivity contribution in [2.45, 2.75) is 445 Å². The van der Waals surface area contributed by atoms with Crippen LogP contribution in [0.1, 0.15) is 427 Å². The van der Waals surface area contributed by atoms with Crippen LogP contribution in [-0.4, -0.2) is 96.7 Å². The summed E-state index contributed by atoms with van der Waals surface area (Å²) in [4.78, 5) is 72.9. The van der Waals surface area contributed by atoms with E-state index in [-0.39, 0.29) is 25.7 Å². The number of rotatable bonds is 80. The van der Waals surface area contributed by atoms with Gasteiger partial charge in [-0.05, 0) is 37.5 Å². The molecule has 594 valence electrons. The number of aliphatic hydroxyl groups is 1. The molecule has 19 heteroatoms. The van der Waals surface area contributed by atoms with Crippen LogP contribution >= 0.6 is 15.6 Å². The van der Waals surface area contributed by atoms with Crippen molar-refractivity contribution in [1.29, 1.82) is 0 Å². The fraction of sp³-hybridized carbons (Fsp3) is 0.951. The lowest BCUT2D eigenvalue weighted by Gasteiger charge is -2.21. The van der Waals surface area contributed by atoms with Crippen LogP contribution < -0.4 is 0 Å². The number of esters is 4. The van der Waals surface area contributed by atoms with E-state index in [0.29, 0.717) is 31.6 Å². The lowest BCUT2D eigenvalue weighted by atomic mass is 9.99. The number of carbonyl (C=O) groups is 4. The second-order valence-electron chi connectivity index (χ2n) is 29.9. The highest BCUT2D eigenvalue weighted by molar-refractivity contribution is 7.47. The average molecular weight is 1470 g/mol. The third-order valence-corrected chi connectivity index (χ3v) is 21.2. The van der Waals surface area contributed by atoms with Crippen LogP contribution in [-0.2, 0) is 65.4 Å². The van der Waals surface area contributed by atoms with Crippen molar-refractivity contribution in [2.24, 2.45) is 11.8 Å². The van der Waals surface area contributed by atoms with Gasteiger partial charge in [-0.15, -0.1) is 0 Å². The van der Waals surface area contributed by atoms with Crippen LogP contribution in [0, 0.1) is 11.8 Å². The number of hydrogen-bond acceptors (Lipinski definition) is 15. The van der Waals surface area contributed by atoms with E-state index >= 15 is 0 Å². The fourth-order valence-electron chi connectivity index (χ4n) is 12.5. The van der Waals surface area contributed by atoms with Gasteiger partial charge in [0.15, 0.2) is 12.2 Å². The molecule has 0 aliphatic rings.